The highest BCUT2D eigenvalue weighted by molar-refractivity contribution is 5.35. The normalized spacial score (nSPS) is 10.9. The molecule has 1 heterocycles. The van der Waals surface area contributed by atoms with Crippen LogP contribution >= 0.6 is 0 Å². The quantitative estimate of drug-likeness (QED) is 0.816. The third-order valence-corrected chi connectivity index (χ3v) is 3.67. The predicted molar refractivity (Wildman–Crippen MR) is 83.6 cm³/mol. The Morgan fingerprint density at radius 1 is 1.00 bits per heavy atom. The van der Waals surface area contributed by atoms with E-state index in [9.17, 15) is 4.79 Å². The van der Waals surface area contributed by atoms with Crippen LogP contribution in [0.2, 0.25) is 0 Å². The fourth-order valence-corrected chi connectivity index (χ4v) is 2.52. The molecule has 0 atom stereocenters. The van der Waals surface area contributed by atoms with Crippen LogP contribution in [0.15, 0.2) is 35.1 Å². The van der Waals surface area contributed by atoms with Crippen molar-refractivity contribution >= 4 is 0 Å². The molecule has 0 saturated carbocycles. The molecule has 3 nitrogen and oxygen atoms in total. The van der Waals surface area contributed by atoms with Gasteiger partial charge >= 0.3 is 0 Å². The minimum absolute atomic E-state index is 0.0772. The molecule has 0 saturated heterocycles. The Morgan fingerprint density at radius 3 is 2.30 bits per heavy atom. The van der Waals surface area contributed by atoms with Gasteiger partial charge in [0.05, 0.1) is 5.69 Å². The molecule has 0 unspecified atom stereocenters. The first kappa shape index (κ1) is 14.6. The predicted octanol–water partition coefficient (Wildman–Crippen LogP) is 3.85. The van der Waals surface area contributed by atoms with Crippen LogP contribution in [-0.4, -0.2) is 9.78 Å². The molecule has 1 aromatic heterocycles. The summed E-state index contributed by atoms with van der Waals surface area (Å²) >= 11 is 0. The number of nitrogens with zero attached hydrogens (tertiary/aromatic N) is 1. The topological polar surface area (TPSA) is 37.8 Å². The summed E-state index contributed by atoms with van der Waals surface area (Å²) < 4.78 is 1.98. The number of rotatable bonds is 7. The van der Waals surface area contributed by atoms with Crippen molar-refractivity contribution in [3.63, 3.8) is 0 Å². The molecule has 20 heavy (non-hydrogen) atoms. The maximum Gasteiger partial charge on any atom is 0.267 e. The summed E-state index contributed by atoms with van der Waals surface area (Å²) in [5, 5.41) is 3.01. The average molecular weight is 272 g/mol. The Hall–Kier alpha value is -1.77. The van der Waals surface area contributed by atoms with Gasteiger partial charge in [0.2, 0.25) is 0 Å². The zero-order valence-electron chi connectivity index (χ0n) is 12.5. The number of nitrogens with one attached hydrogen (secondary N) is 1. The highest BCUT2D eigenvalue weighted by Gasteiger charge is 2.14. The van der Waals surface area contributed by atoms with Crippen molar-refractivity contribution in [1.29, 1.82) is 0 Å². The molecule has 0 aliphatic carbocycles. The minimum Gasteiger partial charge on any atom is -0.268 e. The number of benzene rings is 1. The summed E-state index contributed by atoms with van der Waals surface area (Å²) in [6, 6.07) is 10.1. The molecule has 1 N–H and O–H groups in total. The van der Waals surface area contributed by atoms with Crippen LogP contribution in [0.5, 0.6) is 0 Å². The Labute approximate surface area is 120 Å². The van der Waals surface area contributed by atoms with Crippen molar-refractivity contribution in [3.8, 4) is 5.69 Å². The summed E-state index contributed by atoms with van der Waals surface area (Å²) in [6.07, 6.45) is 6.28. The second-order valence-corrected chi connectivity index (χ2v) is 5.24. The van der Waals surface area contributed by atoms with Gasteiger partial charge < -0.3 is 0 Å². The Morgan fingerprint density at radius 2 is 1.65 bits per heavy atom. The number of aromatic nitrogens is 2. The van der Waals surface area contributed by atoms with Crippen LogP contribution in [0.25, 0.3) is 5.69 Å². The van der Waals surface area contributed by atoms with E-state index in [4.69, 9.17) is 0 Å². The van der Waals surface area contributed by atoms with Crippen LogP contribution < -0.4 is 5.56 Å². The van der Waals surface area contributed by atoms with Crippen molar-refractivity contribution < 1.29 is 0 Å². The first-order valence-electron chi connectivity index (χ1n) is 7.66. The van der Waals surface area contributed by atoms with Gasteiger partial charge in [0.1, 0.15) is 0 Å². The van der Waals surface area contributed by atoms with Crippen LogP contribution in [0.3, 0.4) is 0 Å². The van der Waals surface area contributed by atoms with E-state index in [0.717, 1.165) is 55.5 Å². The average Bonchev–Trinajstić information content (AvgIpc) is 2.80. The molecule has 2 aromatic rings. The first-order chi connectivity index (χ1) is 9.77. The van der Waals surface area contributed by atoms with Gasteiger partial charge in [-0.1, -0.05) is 44.9 Å². The van der Waals surface area contributed by atoms with Crippen LogP contribution in [0.4, 0.5) is 0 Å². The first-order valence-corrected chi connectivity index (χ1v) is 7.66. The van der Waals surface area contributed by atoms with E-state index in [1.807, 2.05) is 35.0 Å². The SMILES string of the molecule is CCCCc1c(CCCC)n(-c2ccccc2)[nH]c1=O. The zero-order chi connectivity index (χ0) is 14.4. The molecule has 0 amide bonds. The number of H-pyrrole nitrogens is 1. The molecule has 0 fully saturated rings. The van der Waals surface area contributed by atoms with Gasteiger partial charge in [0.25, 0.3) is 5.56 Å². The van der Waals surface area contributed by atoms with Gasteiger partial charge in [-0.2, -0.15) is 0 Å². The molecule has 0 radical (unpaired) electrons. The van der Waals surface area contributed by atoms with Gasteiger partial charge in [0.15, 0.2) is 0 Å². The van der Waals surface area contributed by atoms with Gasteiger partial charge in [-0.25, -0.2) is 0 Å². The van der Waals surface area contributed by atoms with E-state index < -0.39 is 0 Å². The van der Waals surface area contributed by atoms with Crippen molar-refractivity contribution in [1.82, 2.24) is 9.78 Å². The molecule has 0 spiro atoms. The summed E-state index contributed by atoms with van der Waals surface area (Å²) in [5.41, 5.74) is 3.26. The van der Waals surface area contributed by atoms with E-state index in [1.165, 1.54) is 0 Å². The Bertz CT molecular complexity index is 581. The lowest BCUT2D eigenvalue weighted by atomic mass is 10.1. The largest absolute Gasteiger partial charge is 0.268 e. The third kappa shape index (κ3) is 3.21. The number of para-hydroxylation sites is 1. The Kier molecular flexibility index (Phi) is 5.22. The molecule has 0 aliphatic heterocycles. The lowest BCUT2D eigenvalue weighted by Gasteiger charge is -2.09. The van der Waals surface area contributed by atoms with Crippen molar-refractivity contribution in [2.24, 2.45) is 0 Å². The lowest BCUT2D eigenvalue weighted by Crippen LogP contribution is -2.07. The van der Waals surface area contributed by atoms with Crippen LogP contribution in [0.1, 0.15) is 50.8 Å². The van der Waals surface area contributed by atoms with E-state index in [-0.39, 0.29) is 5.56 Å². The van der Waals surface area contributed by atoms with Gasteiger partial charge in [0, 0.05) is 11.3 Å². The number of hydrogen-bond donors (Lipinski definition) is 1. The van der Waals surface area contributed by atoms with Gasteiger partial charge in [-0.05, 0) is 37.8 Å². The van der Waals surface area contributed by atoms with E-state index in [2.05, 4.69) is 18.9 Å². The van der Waals surface area contributed by atoms with E-state index in [0.29, 0.717) is 0 Å². The smallest absolute Gasteiger partial charge is 0.267 e. The van der Waals surface area contributed by atoms with E-state index >= 15 is 0 Å². The molecular formula is C17H24N2O. The highest BCUT2D eigenvalue weighted by Crippen LogP contribution is 2.16. The fraction of sp³-hybridized carbons (Fsp3) is 0.471. The molecule has 3 heteroatoms. The van der Waals surface area contributed by atoms with Crippen molar-refractivity contribution in [2.45, 2.75) is 52.4 Å². The van der Waals surface area contributed by atoms with Gasteiger partial charge in [-0.15, -0.1) is 0 Å². The number of hydrogen-bond acceptors (Lipinski definition) is 1. The van der Waals surface area contributed by atoms with Crippen LogP contribution in [-0.2, 0) is 12.8 Å². The van der Waals surface area contributed by atoms with Crippen molar-refractivity contribution in [2.75, 3.05) is 0 Å². The standard InChI is InChI=1S/C17H24N2O/c1-3-5-12-15-16(13-6-4-2)19(18-17(15)20)14-10-8-7-9-11-14/h7-11H,3-6,12-13H2,1-2H3,(H,18,20). The molecule has 2 rings (SSSR count). The van der Waals surface area contributed by atoms with Crippen molar-refractivity contribution in [3.05, 3.63) is 51.9 Å². The maximum atomic E-state index is 12.2. The maximum absolute atomic E-state index is 12.2. The number of aromatic amines is 1. The van der Waals surface area contributed by atoms with Gasteiger partial charge in [-0.3, -0.25) is 14.6 Å². The molecule has 0 aliphatic rings. The lowest BCUT2D eigenvalue weighted by molar-refractivity contribution is 0.713. The van der Waals surface area contributed by atoms with Crippen LogP contribution in [0, 0.1) is 0 Å². The Balaban J connectivity index is 2.42. The summed E-state index contributed by atoms with van der Waals surface area (Å²) in [7, 11) is 0. The fourth-order valence-electron chi connectivity index (χ4n) is 2.52. The van der Waals surface area contributed by atoms with E-state index in [1.54, 1.807) is 0 Å². The molecular weight excluding hydrogens is 248 g/mol. The second-order valence-electron chi connectivity index (χ2n) is 5.24. The molecule has 108 valence electrons. The second kappa shape index (κ2) is 7.13. The monoisotopic (exact) mass is 272 g/mol. The molecule has 0 bridgehead atoms. The number of unbranched alkanes of at least 4 members (excludes halogenated alkanes) is 2. The minimum atomic E-state index is 0.0772. The summed E-state index contributed by atoms with van der Waals surface area (Å²) in [4.78, 5) is 12.2. The highest BCUT2D eigenvalue weighted by atomic mass is 16.1. The zero-order valence-corrected chi connectivity index (χ0v) is 12.5. The molecule has 1 aromatic carbocycles. The summed E-state index contributed by atoms with van der Waals surface area (Å²) in [5.74, 6) is 0. The summed E-state index contributed by atoms with van der Waals surface area (Å²) in [6.45, 7) is 4.34. The third-order valence-electron chi connectivity index (χ3n) is 3.67.